The van der Waals surface area contributed by atoms with Crippen molar-refractivity contribution in [3.63, 3.8) is 0 Å². The summed E-state index contributed by atoms with van der Waals surface area (Å²) < 4.78 is 12.9. The molecule has 1 fully saturated rings. The van der Waals surface area contributed by atoms with Gasteiger partial charge in [0.05, 0.1) is 10.6 Å². The lowest BCUT2D eigenvalue weighted by molar-refractivity contribution is -0.113. The summed E-state index contributed by atoms with van der Waals surface area (Å²) in [6.07, 6.45) is 1.58. The number of benzene rings is 2. The minimum absolute atomic E-state index is 0.122. The van der Waals surface area contributed by atoms with Gasteiger partial charge in [-0.1, -0.05) is 12.1 Å². The molecular formula is C16H10FNO3S. The van der Waals surface area contributed by atoms with Crippen LogP contribution in [0.1, 0.15) is 5.56 Å². The largest absolute Gasteiger partial charge is 0.508 e. The van der Waals surface area contributed by atoms with Crippen LogP contribution in [0.3, 0.4) is 0 Å². The second-order valence-corrected chi connectivity index (χ2v) is 5.58. The average molecular weight is 315 g/mol. The number of carbonyl (C=O) groups excluding carboxylic acids is 2. The van der Waals surface area contributed by atoms with E-state index in [0.29, 0.717) is 11.3 Å². The molecule has 1 heterocycles. The molecule has 2 aromatic rings. The molecule has 0 aliphatic carbocycles. The summed E-state index contributed by atoms with van der Waals surface area (Å²) in [7, 11) is 0. The second-order valence-electron chi connectivity index (χ2n) is 4.59. The molecule has 3 rings (SSSR count). The Balaban J connectivity index is 1.91. The topological polar surface area (TPSA) is 57.6 Å². The highest BCUT2D eigenvalue weighted by atomic mass is 32.2. The average Bonchev–Trinajstić information content (AvgIpc) is 2.77. The van der Waals surface area contributed by atoms with E-state index in [9.17, 15) is 19.1 Å². The number of rotatable bonds is 2. The SMILES string of the molecule is O=C1S/C(=C\c2ccc(O)cc2)C(=O)N1c1ccc(F)cc1. The van der Waals surface area contributed by atoms with E-state index in [2.05, 4.69) is 0 Å². The third-order valence-electron chi connectivity index (χ3n) is 3.07. The van der Waals surface area contributed by atoms with E-state index in [1.165, 1.54) is 36.4 Å². The van der Waals surface area contributed by atoms with Crippen molar-refractivity contribution < 1.29 is 19.1 Å². The molecule has 0 aromatic heterocycles. The van der Waals surface area contributed by atoms with Crippen LogP contribution in [0.25, 0.3) is 6.08 Å². The maximum Gasteiger partial charge on any atom is 0.298 e. The maximum atomic E-state index is 12.9. The van der Waals surface area contributed by atoms with Crippen LogP contribution in [0.2, 0.25) is 0 Å². The van der Waals surface area contributed by atoms with Gasteiger partial charge < -0.3 is 5.11 Å². The number of carbonyl (C=O) groups is 2. The van der Waals surface area contributed by atoms with Gasteiger partial charge in [0, 0.05) is 0 Å². The fraction of sp³-hybridized carbons (Fsp3) is 0. The molecule has 4 nitrogen and oxygen atoms in total. The van der Waals surface area contributed by atoms with Gasteiger partial charge in [-0.3, -0.25) is 9.59 Å². The Kier molecular flexibility index (Phi) is 3.68. The van der Waals surface area contributed by atoms with Crippen molar-refractivity contribution >= 4 is 34.7 Å². The molecule has 2 amide bonds. The number of halogens is 1. The van der Waals surface area contributed by atoms with Gasteiger partial charge >= 0.3 is 0 Å². The smallest absolute Gasteiger partial charge is 0.298 e. The Morgan fingerprint density at radius 3 is 2.27 bits per heavy atom. The van der Waals surface area contributed by atoms with Crippen LogP contribution in [-0.4, -0.2) is 16.3 Å². The highest BCUT2D eigenvalue weighted by molar-refractivity contribution is 8.19. The molecule has 0 atom stereocenters. The van der Waals surface area contributed by atoms with Crippen LogP contribution < -0.4 is 4.90 Å². The zero-order valence-corrected chi connectivity index (χ0v) is 12.0. The fourth-order valence-electron chi connectivity index (χ4n) is 2.00. The van der Waals surface area contributed by atoms with Crippen molar-refractivity contribution in [2.75, 3.05) is 4.90 Å². The number of hydrogen-bond donors (Lipinski definition) is 1. The van der Waals surface area contributed by atoms with Gasteiger partial charge in [-0.15, -0.1) is 0 Å². The number of aromatic hydroxyl groups is 1. The molecule has 1 aliphatic rings. The highest BCUT2D eigenvalue weighted by Gasteiger charge is 2.36. The van der Waals surface area contributed by atoms with Gasteiger partial charge in [0.25, 0.3) is 11.1 Å². The number of amides is 2. The minimum atomic E-state index is -0.449. The fourth-order valence-corrected chi connectivity index (χ4v) is 2.84. The molecule has 22 heavy (non-hydrogen) atoms. The lowest BCUT2D eigenvalue weighted by atomic mass is 10.2. The molecule has 2 aromatic carbocycles. The second kappa shape index (κ2) is 5.65. The molecule has 0 bridgehead atoms. The summed E-state index contributed by atoms with van der Waals surface area (Å²) in [6, 6.07) is 11.4. The summed E-state index contributed by atoms with van der Waals surface area (Å²) in [5.74, 6) is -0.762. The van der Waals surface area contributed by atoms with Gasteiger partial charge in [-0.25, -0.2) is 9.29 Å². The third kappa shape index (κ3) is 2.73. The lowest BCUT2D eigenvalue weighted by Crippen LogP contribution is -2.27. The molecule has 0 radical (unpaired) electrons. The Morgan fingerprint density at radius 2 is 1.64 bits per heavy atom. The first-order chi connectivity index (χ1) is 10.5. The Bertz CT molecular complexity index is 769. The van der Waals surface area contributed by atoms with Crippen molar-refractivity contribution in [3.05, 3.63) is 64.8 Å². The molecule has 6 heteroatoms. The number of phenolic OH excluding ortho intramolecular Hbond substituents is 1. The Hall–Kier alpha value is -2.60. The van der Waals surface area contributed by atoms with Crippen LogP contribution >= 0.6 is 11.8 Å². The predicted molar refractivity (Wildman–Crippen MR) is 83.0 cm³/mol. The van der Waals surface area contributed by atoms with Crippen molar-refractivity contribution in [1.82, 2.24) is 0 Å². The van der Waals surface area contributed by atoms with Crippen LogP contribution in [0.15, 0.2) is 53.4 Å². The summed E-state index contributed by atoms with van der Waals surface area (Å²) in [4.78, 5) is 25.7. The molecule has 1 N–H and O–H groups in total. The number of anilines is 1. The highest BCUT2D eigenvalue weighted by Crippen LogP contribution is 2.35. The van der Waals surface area contributed by atoms with E-state index in [1.807, 2.05) is 0 Å². The Morgan fingerprint density at radius 1 is 1.00 bits per heavy atom. The van der Waals surface area contributed by atoms with E-state index in [4.69, 9.17) is 0 Å². The first-order valence-corrected chi connectivity index (χ1v) is 7.19. The van der Waals surface area contributed by atoms with E-state index in [1.54, 1.807) is 18.2 Å². The predicted octanol–water partition coefficient (Wildman–Crippen LogP) is 3.77. The number of nitrogens with zero attached hydrogens (tertiary/aromatic N) is 1. The van der Waals surface area contributed by atoms with Crippen molar-refractivity contribution in [2.45, 2.75) is 0 Å². The van der Waals surface area contributed by atoms with Crippen LogP contribution in [-0.2, 0) is 4.79 Å². The van der Waals surface area contributed by atoms with Gasteiger partial charge in [0.15, 0.2) is 0 Å². The van der Waals surface area contributed by atoms with Crippen LogP contribution in [0.5, 0.6) is 5.75 Å². The summed E-state index contributed by atoms with van der Waals surface area (Å²) in [6.45, 7) is 0. The van der Waals surface area contributed by atoms with Gasteiger partial charge in [0.1, 0.15) is 11.6 Å². The summed E-state index contributed by atoms with van der Waals surface area (Å²) in [5, 5.41) is 8.81. The molecule has 110 valence electrons. The van der Waals surface area contributed by atoms with E-state index in [-0.39, 0.29) is 10.7 Å². The number of phenols is 1. The van der Waals surface area contributed by atoms with E-state index in [0.717, 1.165) is 16.7 Å². The normalized spacial score (nSPS) is 16.6. The van der Waals surface area contributed by atoms with Gasteiger partial charge in [-0.05, 0) is 59.8 Å². The van der Waals surface area contributed by atoms with E-state index >= 15 is 0 Å². The number of thioether (sulfide) groups is 1. The molecule has 0 unspecified atom stereocenters. The Labute approximate surface area is 129 Å². The standard InChI is InChI=1S/C16H10FNO3S/c17-11-3-5-12(6-4-11)18-15(20)14(22-16(18)21)9-10-1-7-13(19)8-2-10/h1-9,19H/b14-9-. The van der Waals surface area contributed by atoms with E-state index < -0.39 is 17.0 Å². The summed E-state index contributed by atoms with van der Waals surface area (Å²) >= 11 is 0.822. The monoisotopic (exact) mass is 315 g/mol. The molecule has 1 aliphatic heterocycles. The molecular weight excluding hydrogens is 305 g/mol. The molecule has 0 spiro atoms. The maximum absolute atomic E-state index is 12.9. The first kappa shape index (κ1) is 14.3. The first-order valence-electron chi connectivity index (χ1n) is 6.37. The van der Waals surface area contributed by atoms with Crippen LogP contribution in [0.4, 0.5) is 14.9 Å². The van der Waals surface area contributed by atoms with Crippen molar-refractivity contribution in [1.29, 1.82) is 0 Å². The number of imide groups is 1. The zero-order chi connectivity index (χ0) is 15.7. The quantitative estimate of drug-likeness (QED) is 0.857. The number of hydrogen-bond acceptors (Lipinski definition) is 4. The lowest BCUT2D eigenvalue weighted by Gasteiger charge is -2.11. The van der Waals surface area contributed by atoms with Crippen molar-refractivity contribution in [2.24, 2.45) is 0 Å². The van der Waals surface area contributed by atoms with Gasteiger partial charge in [0.2, 0.25) is 0 Å². The third-order valence-corrected chi connectivity index (χ3v) is 3.94. The minimum Gasteiger partial charge on any atom is -0.508 e. The van der Waals surface area contributed by atoms with Gasteiger partial charge in [-0.2, -0.15) is 0 Å². The molecule has 1 saturated heterocycles. The van der Waals surface area contributed by atoms with Crippen molar-refractivity contribution in [3.8, 4) is 5.75 Å². The van der Waals surface area contributed by atoms with Crippen LogP contribution in [0, 0.1) is 5.82 Å². The zero-order valence-electron chi connectivity index (χ0n) is 11.2. The summed E-state index contributed by atoms with van der Waals surface area (Å²) in [5.41, 5.74) is 1.03. The molecule has 0 saturated carbocycles.